The minimum Gasteiger partial charge on any atom is -0.390 e. The van der Waals surface area contributed by atoms with Crippen LogP contribution in [-0.4, -0.2) is 47.2 Å². The molecule has 1 fully saturated rings. The molecule has 1 amide bonds. The van der Waals surface area contributed by atoms with Gasteiger partial charge in [-0.05, 0) is 18.3 Å². The summed E-state index contributed by atoms with van der Waals surface area (Å²) in [6.07, 6.45) is 5.59. The zero-order chi connectivity index (χ0) is 17.4. The van der Waals surface area contributed by atoms with Crippen LogP contribution in [0.2, 0.25) is 0 Å². The Labute approximate surface area is 138 Å². The highest BCUT2D eigenvalue weighted by atomic mass is 16.3. The normalized spacial score (nSPS) is 21.5. The Morgan fingerprint density at radius 3 is 2.30 bits per heavy atom. The molecule has 23 heavy (non-hydrogen) atoms. The molecule has 4 atom stereocenters. The van der Waals surface area contributed by atoms with Crippen LogP contribution in [0.25, 0.3) is 0 Å². The third-order valence-electron chi connectivity index (χ3n) is 4.83. The molecule has 0 heterocycles. The van der Waals surface area contributed by atoms with Gasteiger partial charge in [-0.25, -0.2) is 0 Å². The van der Waals surface area contributed by atoms with E-state index in [1.807, 2.05) is 6.29 Å². The van der Waals surface area contributed by atoms with Gasteiger partial charge in [-0.2, -0.15) is 0 Å². The third-order valence-corrected chi connectivity index (χ3v) is 4.83. The molecule has 1 rings (SSSR count). The lowest BCUT2D eigenvalue weighted by Gasteiger charge is -2.34. The summed E-state index contributed by atoms with van der Waals surface area (Å²) >= 11 is 0. The van der Waals surface area contributed by atoms with Gasteiger partial charge in [-0.15, -0.1) is 0 Å². The van der Waals surface area contributed by atoms with Crippen molar-refractivity contribution in [2.24, 2.45) is 23.5 Å². The van der Waals surface area contributed by atoms with Gasteiger partial charge in [-0.1, -0.05) is 46.0 Å². The highest BCUT2D eigenvalue weighted by molar-refractivity contribution is 5.78. The van der Waals surface area contributed by atoms with Gasteiger partial charge in [0, 0.05) is 0 Å². The smallest absolute Gasteiger partial charge is 0.234 e. The molecular formula is C17H31N2O4. The number of hydrogen-bond acceptors (Lipinski definition) is 5. The second-order valence-corrected chi connectivity index (χ2v) is 6.99. The molecule has 0 bridgehead atoms. The number of nitrogens with two attached hydrogens (primary N) is 1. The van der Waals surface area contributed by atoms with Gasteiger partial charge >= 0.3 is 0 Å². The van der Waals surface area contributed by atoms with Crippen molar-refractivity contribution >= 4 is 12.2 Å². The lowest BCUT2D eigenvalue weighted by atomic mass is 9.80. The van der Waals surface area contributed by atoms with Crippen LogP contribution < -0.4 is 11.1 Å². The van der Waals surface area contributed by atoms with Crippen molar-refractivity contribution in [3.05, 3.63) is 0 Å². The van der Waals surface area contributed by atoms with Crippen LogP contribution in [0.3, 0.4) is 0 Å². The van der Waals surface area contributed by atoms with Crippen LogP contribution in [0.4, 0.5) is 0 Å². The molecule has 1 aliphatic carbocycles. The van der Waals surface area contributed by atoms with E-state index in [0.717, 1.165) is 25.7 Å². The minimum absolute atomic E-state index is 0.141. The van der Waals surface area contributed by atoms with Gasteiger partial charge in [0.15, 0.2) is 0 Å². The van der Waals surface area contributed by atoms with E-state index >= 15 is 0 Å². The van der Waals surface area contributed by atoms with Gasteiger partial charge in [0.25, 0.3) is 0 Å². The Hall–Kier alpha value is -0.980. The summed E-state index contributed by atoms with van der Waals surface area (Å²) in [5.41, 5.74) is 5.35. The minimum atomic E-state index is -1.25. The van der Waals surface area contributed by atoms with Crippen LogP contribution in [-0.2, 0) is 9.59 Å². The lowest BCUT2D eigenvalue weighted by Crippen LogP contribution is -2.53. The van der Waals surface area contributed by atoms with Gasteiger partial charge < -0.3 is 21.3 Å². The maximum Gasteiger partial charge on any atom is 0.234 e. The molecule has 0 unspecified atom stereocenters. The number of nitrogens with one attached hydrogen (secondary N) is 1. The predicted octanol–water partition coefficient (Wildman–Crippen LogP) is 0.504. The fourth-order valence-electron chi connectivity index (χ4n) is 3.38. The van der Waals surface area contributed by atoms with Crippen molar-refractivity contribution in [1.82, 2.24) is 5.32 Å². The monoisotopic (exact) mass is 327 g/mol. The molecule has 0 aromatic heterocycles. The van der Waals surface area contributed by atoms with Crippen molar-refractivity contribution in [1.29, 1.82) is 0 Å². The number of aliphatic hydroxyl groups is 2. The van der Waals surface area contributed by atoms with Crippen LogP contribution in [0.15, 0.2) is 0 Å². The maximum atomic E-state index is 11.7. The standard InChI is InChI=1S/C17H31N2O4/c1-11(2)13(10-20)16(22)17(23)14(19-15(21)9-18)8-12-6-4-3-5-7-12/h11-14,16-17,22-23H,3-9,18H2,1-2H3,(H,19,21)/t13-,14+,16-,17-/m1/s1. The van der Waals surface area contributed by atoms with E-state index in [1.54, 1.807) is 13.8 Å². The van der Waals surface area contributed by atoms with E-state index in [4.69, 9.17) is 5.73 Å². The molecular weight excluding hydrogens is 296 g/mol. The summed E-state index contributed by atoms with van der Waals surface area (Å²) in [7, 11) is 0. The zero-order valence-corrected chi connectivity index (χ0v) is 14.2. The summed E-state index contributed by atoms with van der Waals surface area (Å²) in [6, 6.07) is -0.598. The topological polar surface area (TPSA) is 113 Å². The molecule has 5 N–H and O–H groups in total. The highest BCUT2D eigenvalue weighted by Crippen LogP contribution is 2.29. The molecule has 1 aliphatic rings. The molecule has 0 spiro atoms. The first-order valence-electron chi connectivity index (χ1n) is 8.63. The Kier molecular flexibility index (Phi) is 8.73. The molecule has 0 aliphatic heterocycles. The Morgan fingerprint density at radius 1 is 1.22 bits per heavy atom. The van der Waals surface area contributed by atoms with E-state index in [-0.39, 0.29) is 18.4 Å². The second-order valence-electron chi connectivity index (χ2n) is 6.99. The average molecular weight is 327 g/mol. The fourth-order valence-corrected chi connectivity index (χ4v) is 3.38. The van der Waals surface area contributed by atoms with Crippen LogP contribution in [0.1, 0.15) is 52.4 Å². The molecule has 1 radical (unpaired) electrons. The van der Waals surface area contributed by atoms with Crippen molar-refractivity contribution < 1.29 is 19.8 Å². The van der Waals surface area contributed by atoms with Crippen molar-refractivity contribution in [3.8, 4) is 0 Å². The van der Waals surface area contributed by atoms with E-state index in [2.05, 4.69) is 5.32 Å². The molecule has 133 valence electrons. The Morgan fingerprint density at radius 2 is 1.83 bits per heavy atom. The van der Waals surface area contributed by atoms with E-state index < -0.39 is 24.2 Å². The summed E-state index contributed by atoms with van der Waals surface area (Å²) in [5.74, 6) is -0.883. The van der Waals surface area contributed by atoms with Crippen LogP contribution in [0.5, 0.6) is 0 Å². The van der Waals surface area contributed by atoms with E-state index in [1.165, 1.54) is 6.42 Å². The quantitative estimate of drug-likeness (QED) is 0.493. The fraction of sp³-hybridized carbons (Fsp3) is 0.882. The molecule has 0 aromatic rings. The summed E-state index contributed by atoms with van der Waals surface area (Å²) in [4.78, 5) is 22.7. The van der Waals surface area contributed by atoms with Crippen molar-refractivity contribution in [3.63, 3.8) is 0 Å². The van der Waals surface area contributed by atoms with E-state index in [9.17, 15) is 19.8 Å². The molecule has 6 heteroatoms. The number of carbonyl (C=O) groups excluding carboxylic acids is 2. The summed E-state index contributed by atoms with van der Waals surface area (Å²) < 4.78 is 0. The maximum absolute atomic E-state index is 11.7. The first-order chi connectivity index (χ1) is 10.9. The van der Waals surface area contributed by atoms with Crippen molar-refractivity contribution in [2.45, 2.75) is 70.6 Å². The number of carbonyl (C=O) groups is 1. The van der Waals surface area contributed by atoms with Gasteiger partial charge in [0.2, 0.25) is 12.2 Å². The Bertz CT molecular complexity index is 370. The average Bonchev–Trinajstić information content (AvgIpc) is 2.54. The summed E-state index contributed by atoms with van der Waals surface area (Å²) in [6.45, 7) is 3.41. The molecule has 0 saturated heterocycles. The van der Waals surface area contributed by atoms with Gasteiger partial charge in [-0.3, -0.25) is 9.59 Å². The van der Waals surface area contributed by atoms with Gasteiger partial charge in [0.05, 0.1) is 24.6 Å². The molecule has 0 aromatic carbocycles. The molecule has 6 nitrogen and oxygen atoms in total. The SMILES string of the molecule is CC(C)[C@@H]([C]=O)[C@@H](O)[C@H](O)[C@H](CC1CCCCC1)NC(=O)CN. The summed E-state index contributed by atoms with van der Waals surface area (Å²) in [5, 5.41) is 23.6. The number of hydrogen-bond donors (Lipinski definition) is 4. The van der Waals surface area contributed by atoms with E-state index in [0.29, 0.717) is 12.3 Å². The number of amides is 1. The van der Waals surface area contributed by atoms with Crippen LogP contribution >= 0.6 is 0 Å². The zero-order valence-electron chi connectivity index (χ0n) is 14.2. The Balaban J connectivity index is 2.79. The molecule has 1 saturated carbocycles. The lowest BCUT2D eigenvalue weighted by molar-refractivity contribution is -0.122. The first kappa shape index (κ1) is 20.1. The number of rotatable bonds is 9. The van der Waals surface area contributed by atoms with Gasteiger partial charge in [0.1, 0.15) is 6.10 Å². The second kappa shape index (κ2) is 10.0. The first-order valence-corrected chi connectivity index (χ1v) is 8.63. The highest BCUT2D eigenvalue weighted by Gasteiger charge is 2.36. The predicted molar refractivity (Wildman–Crippen MR) is 88.2 cm³/mol. The number of aliphatic hydroxyl groups excluding tert-OH is 2. The van der Waals surface area contributed by atoms with Crippen LogP contribution in [0, 0.1) is 17.8 Å². The van der Waals surface area contributed by atoms with Crippen molar-refractivity contribution in [2.75, 3.05) is 6.54 Å². The largest absolute Gasteiger partial charge is 0.390 e. The third kappa shape index (κ3) is 6.20.